The van der Waals surface area contributed by atoms with Gasteiger partial charge < -0.3 is 15.1 Å². The number of amides is 1. The van der Waals surface area contributed by atoms with Crippen molar-refractivity contribution < 1.29 is 9.59 Å². The molecule has 0 aromatic carbocycles. The predicted molar refractivity (Wildman–Crippen MR) is 106 cm³/mol. The molecular weight excluding hydrogens is 330 g/mol. The third-order valence-electron chi connectivity index (χ3n) is 4.60. The summed E-state index contributed by atoms with van der Waals surface area (Å²) in [7, 11) is -1.17. The average Bonchev–Trinajstić information content (AvgIpc) is 3.04. The van der Waals surface area contributed by atoms with E-state index in [1.165, 1.54) is 0 Å². The maximum Gasteiger partial charge on any atom is 0.261 e. The number of hydrogen-bond acceptors (Lipinski definition) is 4. The topological polar surface area (TPSA) is 73.7 Å². The lowest BCUT2D eigenvalue weighted by atomic mass is 9.88. The molecule has 6 heteroatoms. The van der Waals surface area contributed by atoms with E-state index in [9.17, 15) is 4.79 Å². The number of hydrogen-bond donors (Lipinski definition) is 3. The van der Waals surface area contributed by atoms with Crippen molar-refractivity contribution in [2.45, 2.75) is 59.4 Å². The van der Waals surface area contributed by atoms with Crippen LogP contribution >= 0.6 is 0 Å². The minimum atomic E-state index is -1.17. The molecule has 1 aliphatic carbocycles. The van der Waals surface area contributed by atoms with Crippen LogP contribution in [-0.4, -0.2) is 32.4 Å². The summed E-state index contributed by atoms with van der Waals surface area (Å²) in [5, 5.41) is 3.22. The van der Waals surface area contributed by atoms with Gasteiger partial charge in [-0.3, -0.25) is 9.79 Å². The Bertz CT molecular complexity index is 615. The minimum Gasteiger partial charge on any atom is -0.420 e. The van der Waals surface area contributed by atoms with Crippen LogP contribution < -0.4 is 10.3 Å². The summed E-state index contributed by atoms with van der Waals surface area (Å²) in [6, 6.07) is -0.0307. The number of rotatable bonds is 7. The van der Waals surface area contributed by atoms with Crippen LogP contribution in [-0.2, 0) is 4.79 Å². The number of carbonyl (C=O) groups is 1. The molecule has 138 valence electrons. The van der Waals surface area contributed by atoms with Crippen molar-refractivity contribution in [3.8, 4) is 0 Å². The number of nitrogens with zero attached hydrogens (tertiary/aromatic N) is 1. The Kier molecular flexibility index (Phi) is 6.78. The Morgan fingerprint density at radius 1 is 1.44 bits per heavy atom. The molecule has 0 saturated carbocycles. The zero-order valence-electron chi connectivity index (χ0n) is 15.8. The standard InChI is InChI=1S/C19H31N3O2Si/c1-5-14-10-11-16(20-14)17(21-18(23)19(2,3)4)12-13-6-8-15(9-7-13)22-25-24/h6,8-10,13,17,22,24H,5,7,11-12,25H2,1-4H3,(H,21,23)/t13?,17-/m0/s1. The van der Waals surface area contributed by atoms with Crippen LogP contribution in [0.2, 0.25) is 0 Å². The van der Waals surface area contributed by atoms with Crippen molar-refractivity contribution in [1.82, 2.24) is 10.3 Å². The first-order chi connectivity index (χ1) is 11.8. The number of aliphatic imine (C=N–C) groups is 1. The summed E-state index contributed by atoms with van der Waals surface area (Å²) < 4.78 is 0. The van der Waals surface area contributed by atoms with E-state index in [2.05, 4.69) is 35.5 Å². The molecule has 0 aromatic rings. The van der Waals surface area contributed by atoms with Crippen LogP contribution in [0.1, 0.15) is 53.4 Å². The van der Waals surface area contributed by atoms with Crippen molar-refractivity contribution >= 4 is 21.5 Å². The maximum absolute atomic E-state index is 12.5. The summed E-state index contributed by atoms with van der Waals surface area (Å²) in [5.41, 5.74) is 2.78. The van der Waals surface area contributed by atoms with Crippen LogP contribution in [0.15, 0.2) is 40.7 Å². The summed E-state index contributed by atoms with van der Waals surface area (Å²) in [6.45, 7) is 7.91. The van der Waals surface area contributed by atoms with Crippen LogP contribution in [0.25, 0.3) is 0 Å². The third-order valence-corrected chi connectivity index (χ3v) is 5.16. The lowest BCUT2D eigenvalue weighted by molar-refractivity contribution is -0.128. The van der Waals surface area contributed by atoms with E-state index in [1.54, 1.807) is 0 Å². The molecule has 1 aliphatic heterocycles. The van der Waals surface area contributed by atoms with Gasteiger partial charge in [-0.1, -0.05) is 45.9 Å². The minimum absolute atomic E-state index is 0.0307. The molecule has 0 saturated heterocycles. The van der Waals surface area contributed by atoms with Gasteiger partial charge in [-0.05, 0) is 31.3 Å². The van der Waals surface area contributed by atoms with E-state index in [4.69, 9.17) is 9.79 Å². The lowest BCUT2D eigenvalue weighted by Crippen LogP contribution is -2.46. The van der Waals surface area contributed by atoms with Crippen molar-refractivity contribution in [1.29, 1.82) is 0 Å². The quantitative estimate of drug-likeness (QED) is 0.608. The molecule has 0 bridgehead atoms. The molecule has 5 nitrogen and oxygen atoms in total. The second-order valence-corrected chi connectivity index (χ2v) is 8.39. The molecule has 25 heavy (non-hydrogen) atoms. The van der Waals surface area contributed by atoms with Gasteiger partial charge >= 0.3 is 0 Å². The molecule has 1 unspecified atom stereocenters. The highest BCUT2D eigenvalue weighted by atomic mass is 28.2. The second-order valence-electron chi connectivity index (χ2n) is 7.72. The zero-order chi connectivity index (χ0) is 18.4. The van der Waals surface area contributed by atoms with Gasteiger partial charge in [0.1, 0.15) is 0 Å². The molecular formula is C19H31N3O2Si. The van der Waals surface area contributed by atoms with Gasteiger partial charge in [0.15, 0.2) is 0 Å². The Balaban J connectivity index is 2.06. The Hall–Kier alpha value is -1.66. The highest BCUT2D eigenvalue weighted by Crippen LogP contribution is 2.25. The molecule has 0 radical (unpaired) electrons. The Labute approximate surface area is 153 Å². The molecule has 0 spiro atoms. The fraction of sp³-hybridized carbons (Fsp3) is 0.579. The summed E-state index contributed by atoms with van der Waals surface area (Å²) in [4.78, 5) is 29.4. The molecule has 1 amide bonds. The maximum atomic E-state index is 12.5. The van der Waals surface area contributed by atoms with E-state index in [-0.39, 0.29) is 11.9 Å². The molecule has 2 atom stereocenters. The van der Waals surface area contributed by atoms with Gasteiger partial charge in [0.25, 0.3) is 9.92 Å². The highest BCUT2D eigenvalue weighted by molar-refractivity contribution is 6.22. The summed E-state index contributed by atoms with van der Waals surface area (Å²) in [5.74, 6) is 0.429. The van der Waals surface area contributed by atoms with Crippen LogP contribution in [0.4, 0.5) is 0 Å². The molecule has 0 aromatic heterocycles. The highest BCUT2D eigenvalue weighted by Gasteiger charge is 2.29. The SMILES string of the molecule is CCC1=CCC([C@H](CC2C=CC(N[SiH2]O)=CC2)NC(=O)C(C)(C)C)=N1. The van der Waals surface area contributed by atoms with Crippen LogP contribution in [0, 0.1) is 11.3 Å². The smallest absolute Gasteiger partial charge is 0.261 e. The first-order valence-electron chi connectivity index (χ1n) is 9.14. The first kappa shape index (κ1) is 19.7. The Morgan fingerprint density at radius 2 is 2.20 bits per heavy atom. The van der Waals surface area contributed by atoms with Crippen molar-refractivity contribution in [2.24, 2.45) is 16.3 Å². The average molecular weight is 362 g/mol. The first-order valence-corrected chi connectivity index (χ1v) is 10.5. The van der Waals surface area contributed by atoms with Crippen molar-refractivity contribution in [3.05, 3.63) is 35.7 Å². The lowest BCUT2D eigenvalue weighted by Gasteiger charge is -2.27. The molecule has 1 heterocycles. The number of allylic oxidation sites excluding steroid dienone is 5. The van der Waals surface area contributed by atoms with Gasteiger partial charge in [0.05, 0.1) is 6.04 Å². The van der Waals surface area contributed by atoms with E-state index in [0.717, 1.165) is 42.8 Å². The predicted octanol–water partition coefficient (Wildman–Crippen LogP) is 2.09. The second kappa shape index (κ2) is 8.63. The van der Waals surface area contributed by atoms with E-state index in [0.29, 0.717) is 5.92 Å². The molecule has 2 aliphatic rings. The largest absolute Gasteiger partial charge is 0.420 e. The van der Waals surface area contributed by atoms with Crippen molar-refractivity contribution in [3.63, 3.8) is 0 Å². The number of nitrogens with one attached hydrogen (secondary N) is 2. The summed E-state index contributed by atoms with van der Waals surface area (Å²) >= 11 is 0. The van der Waals surface area contributed by atoms with Gasteiger partial charge in [-0.15, -0.1) is 0 Å². The van der Waals surface area contributed by atoms with Crippen LogP contribution in [0.3, 0.4) is 0 Å². The molecule has 3 N–H and O–H groups in total. The zero-order valence-corrected chi connectivity index (χ0v) is 17.2. The van der Waals surface area contributed by atoms with Gasteiger partial charge in [-0.2, -0.15) is 0 Å². The molecule has 0 fully saturated rings. The van der Waals surface area contributed by atoms with Gasteiger partial charge in [-0.25, -0.2) is 0 Å². The monoisotopic (exact) mass is 361 g/mol. The molecule has 2 rings (SSSR count). The van der Waals surface area contributed by atoms with E-state index < -0.39 is 15.3 Å². The van der Waals surface area contributed by atoms with E-state index >= 15 is 0 Å². The number of carbonyl (C=O) groups excluding carboxylic acids is 1. The summed E-state index contributed by atoms with van der Waals surface area (Å²) in [6.07, 6.45) is 12.0. The fourth-order valence-electron chi connectivity index (χ4n) is 2.96. The fourth-order valence-corrected chi connectivity index (χ4v) is 3.40. The normalized spacial score (nSPS) is 21.8. The third kappa shape index (κ3) is 5.68. The van der Waals surface area contributed by atoms with Gasteiger partial charge in [0, 0.05) is 28.9 Å². The van der Waals surface area contributed by atoms with Crippen LogP contribution in [0.5, 0.6) is 0 Å². The van der Waals surface area contributed by atoms with Gasteiger partial charge in [0.2, 0.25) is 5.91 Å². The Morgan fingerprint density at radius 3 is 2.72 bits per heavy atom. The van der Waals surface area contributed by atoms with E-state index in [1.807, 2.05) is 26.8 Å². The van der Waals surface area contributed by atoms with Crippen molar-refractivity contribution in [2.75, 3.05) is 0 Å².